The van der Waals surface area contributed by atoms with Gasteiger partial charge in [0.2, 0.25) is 0 Å². The number of nitro benzene ring substituents is 1. The molecule has 1 rings (SSSR count). The monoisotopic (exact) mass is 298 g/mol. The molecule has 1 aromatic carbocycles. The van der Waals surface area contributed by atoms with E-state index in [4.69, 9.17) is 5.11 Å². The number of thioether (sulfide) groups is 1. The smallest absolute Gasteiger partial charge is 0.272 e. The van der Waals surface area contributed by atoms with Gasteiger partial charge in [-0.3, -0.25) is 10.1 Å². The summed E-state index contributed by atoms with van der Waals surface area (Å²) in [6.07, 6.45) is 0.824. The Bertz CT molecular complexity index is 440. The maximum Gasteiger partial charge on any atom is 0.272 e. The Kier molecular flexibility index (Phi) is 7.58. The average molecular weight is 298 g/mol. The minimum Gasteiger partial charge on any atom is -0.396 e. The highest BCUT2D eigenvalue weighted by Gasteiger charge is 2.13. The maximum absolute atomic E-state index is 10.9. The molecule has 0 saturated heterocycles. The Morgan fingerprint density at radius 2 is 2.20 bits per heavy atom. The number of hydrogen-bond donors (Lipinski definition) is 2. The van der Waals surface area contributed by atoms with Crippen LogP contribution in [0.1, 0.15) is 30.5 Å². The van der Waals surface area contributed by atoms with Gasteiger partial charge in [-0.1, -0.05) is 12.1 Å². The van der Waals surface area contributed by atoms with Crippen LogP contribution in [0.2, 0.25) is 0 Å². The predicted molar refractivity (Wildman–Crippen MR) is 83.3 cm³/mol. The van der Waals surface area contributed by atoms with Crippen molar-refractivity contribution in [2.45, 2.75) is 26.3 Å². The molecular weight excluding hydrogens is 276 g/mol. The first-order valence-corrected chi connectivity index (χ1v) is 7.88. The quantitative estimate of drug-likeness (QED) is 0.416. The number of nitrogens with zero attached hydrogens (tertiary/aromatic N) is 1. The molecule has 1 aromatic rings. The van der Waals surface area contributed by atoms with E-state index in [1.165, 1.54) is 0 Å². The van der Waals surface area contributed by atoms with Gasteiger partial charge in [-0.05, 0) is 31.6 Å². The fourth-order valence-corrected chi connectivity index (χ4v) is 2.63. The highest BCUT2D eigenvalue weighted by atomic mass is 32.2. The molecule has 0 aliphatic carbocycles. The Hall–Kier alpha value is -1.11. The van der Waals surface area contributed by atoms with Crippen molar-refractivity contribution in [2.75, 3.05) is 24.7 Å². The molecule has 5 nitrogen and oxygen atoms in total. The Labute approximate surface area is 123 Å². The van der Waals surface area contributed by atoms with Crippen molar-refractivity contribution in [2.24, 2.45) is 0 Å². The molecule has 0 saturated carbocycles. The molecule has 0 bridgehead atoms. The summed E-state index contributed by atoms with van der Waals surface area (Å²) in [7, 11) is 0. The van der Waals surface area contributed by atoms with Crippen LogP contribution in [-0.2, 0) is 0 Å². The number of aliphatic hydroxyl groups is 1. The van der Waals surface area contributed by atoms with Crippen LogP contribution in [0.4, 0.5) is 5.69 Å². The summed E-state index contributed by atoms with van der Waals surface area (Å²) >= 11 is 1.79. The number of nitrogens with one attached hydrogen (secondary N) is 1. The highest BCUT2D eigenvalue weighted by molar-refractivity contribution is 7.99. The normalized spacial score (nSPS) is 12.3. The largest absolute Gasteiger partial charge is 0.396 e. The summed E-state index contributed by atoms with van der Waals surface area (Å²) in [4.78, 5) is 10.6. The van der Waals surface area contributed by atoms with Crippen molar-refractivity contribution < 1.29 is 10.0 Å². The zero-order valence-electron chi connectivity index (χ0n) is 12.0. The molecule has 0 spiro atoms. The van der Waals surface area contributed by atoms with Gasteiger partial charge < -0.3 is 10.4 Å². The van der Waals surface area contributed by atoms with Crippen LogP contribution < -0.4 is 5.32 Å². The average Bonchev–Trinajstić information content (AvgIpc) is 2.42. The summed E-state index contributed by atoms with van der Waals surface area (Å²) < 4.78 is 0. The van der Waals surface area contributed by atoms with Crippen LogP contribution in [0.25, 0.3) is 0 Å². The number of aryl methyl sites for hydroxylation is 1. The number of nitro groups is 1. The van der Waals surface area contributed by atoms with Crippen molar-refractivity contribution in [3.05, 3.63) is 39.4 Å². The van der Waals surface area contributed by atoms with Gasteiger partial charge in [0.05, 0.1) is 4.92 Å². The molecule has 1 atom stereocenters. The molecule has 20 heavy (non-hydrogen) atoms. The van der Waals surface area contributed by atoms with Gasteiger partial charge in [0.25, 0.3) is 5.69 Å². The summed E-state index contributed by atoms with van der Waals surface area (Å²) in [6, 6.07) is 5.46. The van der Waals surface area contributed by atoms with Crippen LogP contribution in [0.15, 0.2) is 18.2 Å². The van der Waals surface area contributed by atoms with E-state index in [-0.39, 0.29) is 23.3 Å². The summed E-state index contributed by atoms with van der Waals surface area (Å²) in [5.74, 6) is 1.93. The van der Waals surface area contributed by atoms with Gasteiger partial charge in [-0.15, -0.1) is 0 Å². The molecule has 0 aliphatic rings. The molecule has 0 amide bonds. The first-order valence-electron chi connectivity index (χ1n) is 6.73. The predicted octanol–water partition coefficient (Wildman–Crippen LogP) is 2.67. The van der Waals surface area contributed by atoms with Crippen molar-refractivity contribution in [1.29, 1.82) is 0 Å². The summed E-state index contributed by atoms with van der Waals surface area (Å²) in [6.45, 7) is 4.84. The lowest BCUT2D eigenvalue weighted by molar-refractivity contribution is -0.385. The van der Waals surface area contributed by atoms with E-state index < -0.39 is 0 Å². The molecule has 0 fully saturated rings. The van der Waals surface area contributed by atoms with Crippen molar-refractivity contribution in [3.8, 4) is 0 Å². The van der Waals surface area contributed by atoms with Crippen LogP contribution in [0.3, 0.4) is 0 Å². The fraction of sp³-hybridized carbons (Fsp3) is 0.571. The fourth-order valence-electron chi connectivity index (χ4n) is 1.83. The first kappa shape index (κ1) is 16.9. The van der Waals surface area contributed by atoms with Crippen LogP contribution in [-0.4, -0.2) is 34.7 Å². The molecule has 0 heterocycles. The minimum absolute atomic E-state index is 0.0905. The Morgan fingerprint density at radius 1 is 1.45 bits per heavy atom. The van der Waals surface area contributed by atoms with Gasteiger partial charge >= 0.3 is 0 Å². The van der Waals surface area contributed by atoms with Gasteiger partial charge in [-0.25, -0.2) is 0 Å². The first-order chi connectivity index (χ1) is 9.56. The molecular formula is C14H22N2O3S. The summed E-state index contributed by atoms with van der Waals surface area (Å²) in [5.41, 5.74) is 1.79. The molecule has 0 aliphatic heterocycles. The lowest BCUT2D eigenvalue weighted by Crippen LogP contribution is -2.21. The van der Waals surface area contributed by atoms with E-state index in [9.17, 15) is 10.1 Å². The van der Waals surface area contributed by atoms with Crippen LogP contribution in [0, 0.1) is 17.0 Å². The van der Waals surface area contributed by atoms with Gasteiger partial charge in [-0.2, -0.15) is 11.8 Å². The summed E-state index contributed by atoms with van der Waals surface area (Å²) in [5, 5.41) is 22.9. The van der Waals surface area contributed by atoms with Crippen molar-refractivity contribution in [3.63, 3.8) is 0 Å². The van der Waals surface area contributed by atoms with Gasteiger partial charge in [0.15, 0.2) is 0 Å². The SMILES string of the molecule is Cc1ccc(C(C)NCCSCCCO)cc1[N+](=O)[O-]. The van der Waals surface area contributed by atoms with Crippen LogP contribution in [0.5, 0.6) is 0 Å². The standard InChI is InChI=1S/C14H22N2O3S/c1-11-4-5-13(10-14(11)16(18)19)12(2)15-6-9-20-8-3-7-17/h4-5,10,12,15,17H,3,6-9H2,1-2H3. The third kappa shape index (κ3) is 5.48. The third-order valence-corrected chi connectivity index (χ3v) is 4.14. The van der Waals surface area contributed by atoms with E-state index in [2.05, 4.69) is 5.32 Å². The number of rotatable bonds is 9. The molecule has 0 aromatic heterocycles. The molecule has 1 unspecified atom stereocenters. The van der Waals surface area contributed by atoms with Gasteiger partial charge in [0.1, 0.15) is 0 Å². The highest BCUT2D eigenvalue weighted by Crippen LogP contribution is 2.23. The molecule has 6 heteroatoms. The Morgan fingerprint density at radius 3 is 2.85 bits per heavy atom. The van der Waals surface area contributed by atoms with E-state index >= 15 is 0 Å². The Balaban J connectivity index is 2.45. The minimum atomic E-state index is -0.337. The molecule has 0 radical (unpaired) electrons. The molecule has 2 N–H and O–H groups in total. The zero-order chi connectivity index (χ0) is 15.0. The second-order valence-electron chi connectivity index (χ2n) is 4.67. The second kappa shape index (κ2) is 8.94. The second-order valence-corrected chi connectivity index (χ2v) is 5.89. The zero-order valence-corrected chi connectivity index (χ0v) is 12.8. The lowest BCUT2D eigenvalue weighted by atomic mass is 10.0. The van der Waals surface area contributed by atoms with Crippen molar-refractivity contribution in [1.82, 2.24) is 5.32 Å². The molecule has 112 valence electrons. The van der Waals surface area contributed by atoms with E-state index in [0.29, 0.717) is 5.56 Å². The number of aliphatic hydroxyl groups excluding tert-OH is 1. The van der Waals surface area contributed by atoms with E-state index in [0.717, 1.165) is 30.0 Å². The van der Waals surface area contributed by atoms with Crippen LogP contribution >= 0.6 is 11.8 Å². The van der Waals surface area contributed by atoms with E-state index in [1.807, 2.05) is 13.0 Å². The lowest BCUT2D eigenvalue weighted by Gasteiger charge is -2.14. The van der Waals surface area contributed by atoms with Crippen molar-refractivity contribution >= 4 is 17.4 Å². The third-order valence-electron chi connectivity index (χ3n) is 3.07. The van der Waals surface area contributed by atoms with E-state index in [1.54, 1.807) is 30.8 Å². The topological polar surface area (TPSA) is 75.4 Å². The number of benzene rings is 1. The maximum atomic E-state index is 10.9. The van der Waals surface area contributed by atoms with Gasteiger partial charge in [0, 0.05) is 36.6 Å². The number of hydrogen-bond acceptors (Lipinski definition) is 5.